The minimum atomic E-state index is -0.212. The number of methoxy groups -OCH3 is 1. The predicted molar refractivity (Wildman–Crippen MR) is 71.6 cm³/mol. The van der Waals surface area contributed by atoms with Gasteiger partial charge in [-0.05, 0) is 0 Å². The van der Waals surface area contributed by atoms with Crippen LogP contribution in [0.5, 0.6) is 0 Å². The zero-order valence-corrected chi connectivity index (χ0v) is 11.7. The van der Waals surface area contributed by atoms with E-state index in [0.29, 0.717) is 32.6 Å². The number of likely N-dealkylation sites (N-methyl/N-ethyl adjacent to an activating group) is 1. The van der Waals surface area contributed by atoms with Crippen LogP contribution in [0.15, 0.2) is 0 Å². The van der Waals surface area contributed by atoms with E-state index in [2.05, 4.69) is 5.32 Å². The summed E-state index contributed by atoms with van der Waals surface area (Å²) in [6, 6.07) is 0. The number of carbonyl (C=O) groups is 2. The molecule has 0 aromatic carbocycles. The van der Waals surface area contributed by atoms with Crippen molar-refractivity contribution in [3.8, 4) is 0 Å². The van der Waals surface area contributed by atoms with E-state index in [0.717, 1.165) is 13.1 Å². The predicted octanol–water partition coefficient (Wildman–Crippen LogP) is -1.76. The molecule has 1 unspecified atom stereocenters. The highest BCUT2D eigenvalue weighted by Crippen LogP contribution is 2.06. The van der Waals surface area contributed by atoms with Gasteiger partial charge >= 0.3 is 0 Å². The van der Waals surface area contributed by atoms with Gasteiger partial charge in [0.15, 0.2) is 0 Å². The Kier molecular flexibility index (Phi) is 6.75. The number of nitrogens with one attached hydrogen (secondary N) is 1. The molecular formula is C12H24N4O3. The number of rotatable bonds is 6. The van der Waals surface area contributed by atoms with Crippen LogP contribution >= 0.6 is 0 Å². The molecule has 0 saturated carbocycles. The second-order valence-corrected chi connectivity index (χ2v) is 4.63. The van der Waals surface area contributed by atoms with E-state index in [1.807, 2.05) is 9.80 Å². The van der Waals surface area contributed by atoms with Gasteiger partial charge in [-0.25, -0.2) is 0 Å². The fourth-order valence-corrected chi connectivity index (χ4v) is 2.02. The number of nitrogens with zero attached hydrogens (tertiary/aromatic N) is 2. The average Bonchev–Trinajstić information content (AvgIpc) is 2.45. The van der Waals surface area contributed by atoms with Gasteiger partial charge < -0.3 is 20.7 Å². The smallest absolute Gasteiger partial charge is 0.233 e. The van der Waals surface area contributed by atoms with Crippen molar-refractivity contribution in [3.63, 3.8) is 0 Å². The van der Waals surface area contributed by atoms with Gasteiger partial charge in [-0.3, -0.25) is 14.5 Å². The number of hydrogen-bond donors (Lipinski definition) is 2. The van der Waals surface area contributed by atoms with Crippen LogP contribution in [-0.2, 0) is 14.3 Å². The van der Waals surface area contributed by atoms with Gasteiger partial charge in [0.05, 0.1) is 19.1 Å². The minimum absolute atomic E-state index is 0.00218. The summed E-state index contributed by atoms with van der Waals surface area (Å²) in [7, 11) is 3.19. The highest BCUT2D eigenvalue weighted by atomic mass is 16.5. The lowest BCUT2D eigenvalue weighted by Crippen LogP contribution is -2.51. The number of piperazine rings is 1. The van der Waals surface area contributed by atoms with Crippen LogP contribution in [0.4, 0.5) is 0 Å². The van der Waals surface area contributed by atoms with Crippen LogP contribution < -0.4 is 11.1 Å². The standard InChI is InChI=1S/C12H24N4O3/c1-14-11(17)9-15-3-5-16(6-4-15)12(18)7-10(8-13)19-2/h10H,3-9,13H2,1-2H3,(H,14,17). The van der Waals surface area contributed by atoms with E-state index in [4.69, 9.17) is 10.5 Å². The fourth-order valence-electron chi connectivity index (χ4n) is 2.02. The highest BCUT2D eigenvalue weighted by molar-refractivity contribution is 5.78. The normalized spacial score (nSPS) is 18.2. The van der Waals surface area contributed by atoms with Crippen LogP contribution in [-0.4, -0.2) is 81.1 Å². The largest absolute Gasteiger partial charge is 0.380 e. The maximum atomic E-state index is 12.0. The molecule has 0 bridgehead atoms. The summed E-state index contributed by atoms with van der Waals surface area (Å²) in [5.74, 6) is 0.0687. The van der Waals surface area contributed by atoms with Crippen LogP contribution in [0.3, 0.4) is 0 Å². The first-order valence-corrected chi connectivity index (χ1v) is 6.54. The van der Waals surface area contributed by atoms with Crippen molar-refractivity contribution < 1.29 is 14.3 Å². The van der Waals surface area contributed by atoms with Crippen molar-refractivity contribution in [2.45, 2.75) is 12.5 Å². The van der Waals surface area contributed by atoms with Gasteiger partial charge in [0.2, 0.25) is 11.8 Å². The van der Waals surface area contributed by atoms with Crippen LogP contribution in [0, 0.1) is 0 Å². The number of nitrogens with two attached hydrogens (primary N) is 1. The van der Waals surface area contributed by atoms with E-state index < -0.39 is 0 Å². The van der Waals surface area contributed by atoms with Gasteiger partial charge in [0.1, 0.15) is 0 Å². The number of hydrogen-bond acceptors (Lipinski definition) is 5. The topological polar surface area (TPSA) is 87.9 Å². The Morgan fingerprint density at radius 1 is 1.32 bits per heavy atom. The zero-order chi connectivity index (χ0) is 14.3. The Balaban J connectivity index is 2.32. The third kappa shape index (κ3) is 5.14. The summed E-state index contributed by atoms with van der Waals surface area (Å²) in [6.45, 7) is 3.48. The number of amides is 2. The quantitative estimate of drug-likeness (QED) is 0.598. The minimum Gasteiger partial charge on any atom is -0.380 e. The molecule has 0 aromatic rings. The molecule has 1 aliphatic heterocycles. The molecule has 1 saturated heterocycles. The molecule has 7 nitrogen and oxygen atoms in total. The molecule has 0 aliphatic carbocycles. The molecule has 3 N–H and O–H groups in total. The van der Waals surface area contributed by atoms with Crippen LogP contribution in [0.2, 0.25) is 0 Å². The van der Waals surface area contributed by atoms with Gasteiger partial charge in [-0.2, -0.15) is 0 Å². The van der Waals surface area contributed by atoms with Gasteiger partial charge in [0.25, 0.3) is 0 Å². The third-order valence-corrected chi connectivity index (χ3v) is 3.37. The molecule has 1 rings (SSSR count). The third-order valence-electron chi connectivity index (χ3n) is 3.37. The SMILES string of the molecule is CNC(=O)CN1CCN(C(=O)CC(CN)OC)CC1. The average molecular weight is 272 g/mol. The summed E-state index contributed by atoms with van der Waals surface area (Å²) < 4.78 is 5.11. The van der Waals surface area contributed by atoms with E-state index >= 15 is 0 Å². The molecule has 2 amide bonds. The molecule has 19 heavy (non-hydrogen) atoms. The maximum absolute atomic E-state index is 12.0. The Labute approximate surface area is 114 Å². The molecule has 1 aliphatic rings. The fraction of sp³-hybridized carbons (Fsp3) is 0.833. The molecule has 7 heteroatoms. The van der Waals surface area contributed by atoms with Gasteiger partial charge in [0, 0.05) is 46.9 Å². The van der Waals surface area contributed by atoms with Crippen molar-refractivity contribution in [1.29, 1.82) is 0 Å². The second-order valence-electron chi connectivity index (χ2n) is 4.63. The summed E-state index contributed by atoms with van der Waals surface area (Å²) >= 11 is 0. The van der Waals surface area contributed by atoms with E-state index in [9.17, 15) is 9.59 Å². The first kappa shape index (κ1) is 15.9. The molecule has 1 heterocycles. The number of ether oxygens (including phenoxy) is 1. The maximum Gasteiger partial charge on any atom is 0.233 e. The molecule has 0 aromatic heterocycles. The molecule has 0 spiro atoms. The van der Waals surface area contributed by atoms with Gasteiger partial charge in [-0.15, -0.1) is 0 Å². The highest BCUT2D eigenvalue weighted by Gasteiger charge is 2.23. The van der Waals surface area contributed by atoms with E-state index in [1.165, 1.54) is 0 Å². The Morgan fingerprint density at radius 3 is 2.42 bits per heavy atom. The lowest BCUT2D eigenvalue weighted by Gasteiger charge is -2.34. The van der Waals surface area contributed by atoms with Crippen molar-refractivity contribution in [2.24, 2.45) is 5.73 Å². The first-order chi connectivity index (χ1) is 9.10. The molecule has 1 atom stereocenters. The molecule has 110 valence electrons. The van der Waals surface area contributed by atoms with Crippen LogP contribution in [0.1, 0.15) is 6.42 Å². The first-order valence-electron chi connectivity index (χ1n) is 6.54. The summed E-state index contributed by atoms with van der Waals surface area (Å²) in [4.78, 5) is 27.1. The zero-order valence-electron chi connectivity index (χ0n) is 11.7. The number of carbonyl (C=O) groups excluding carboxylic acids is 2. The van der Waals surface area contributed by atoms with Crippen LogP contribution in [0.25, 0.3) is 0 Å². The second kappa shape index (κ2) is 8.08. The van der Waals surface area contributed by atoms with Crippen molar-refractivity contribution in [2.75, 3.05) is 53.4 Å². The molecular weight excluding hydrogens is 248 g/mol. The van der Waals surface area contributed by atoms with Crippen molar-refractivity contribution >= 4 is 11.8 Å². The lowest BCUT2D eigenvalue weighted by atomic mass is 10.2. The molecule has 0 radical (unpaired) electrons. The van der Waals surface area contributed by atoms with Gasteiger partial charge in [-0.1, -0.05) is 0 Å². The van der Waals surface area contributed by atoms with E-state index in [1.54, 1.807) is 14.2 Å². The monoisotopic (exact) mass is 272 g/mol. The van der Waals surface area contributed by atoms with Crippen molar-refractivity contribution in [3.05, 3.63) is 0 Å². The Morgan fingerprint density at radius 2 is 1.95 bits per heavy atom. The van der Waals surface area contributed by atoms with E-state index in [-0.39, 0.29) is 17.9 Å². The summed E-state index contributed by atoms with van der Waals surface area (Å²) in [5, 5.41) is 2.60. The Bertz CT molecular complexity index is 299. The summed E-state index contributed by atoms with van der Waals surface area (Å²) in [5.41, 5.74) is 5.50. The molecule has 1 fully saturated rings. The summed E-state index contributed by atoms with van der Waals surface area (Å²) in [6.07, 6.45) is 0.110. The Hall–Kier alpha value is -1.18. The lowest BCUT2D eigenvalue weighted by molar-refractivity contribution is -0.135. The van der Waals surface area contributed by atoms with Crippen molar-refractivity contribution in [1.82, 2.24) is 15.1 Å².